The van der Waals surface area contributed by atoms with E-state index in [4.69, 9.17) is 4.74 Å². The molecule has 0 amide bonds. The Morgan fingerprint density at radius 3 is 2.67 bits per heavy atom. The molecule has 0 saturated heterocycles. The number of aromatic nitrogens is 1. The summed E-state index contributed by atoms with van der Waals surface area (Å²) >= 11 is 0. The number of rotatable bonds is 1. The molecular weight excluding hydrogens is 224 g/mol. The molecule has 18 heavy (non-hydrogen) atoms. The van der Waals surface area contributed by atoms with Crippen molar-refractivity contribution in [1.29, 1.82) is 0 Å². The van der Waals surface area contributed by atoms with E-state index >= 15 is 0 Å². The zero-order valence-electron chi connectivity index (χ0n) is 11.4. The molecule has 2 heterocycles. The molecule has 2 aromatic rings. The van der Waals surface area contributed by atoms with Gasteiger partial charge in [0.15, 0.2) is 0 Å². The average Bonchev–Trinajstić information content (AvgIpc) is 2.53. The van der Waals surface area contributed by atoms with Crippen LogP contribution in [0.2, 0.25) is 0 Å². The lowest BCUT2D eigenvalue weighted by molar-refractivity contribution is 0.351. The van der Waals surface area contributed by atoms with Gasteiger partial charge in [0, 0.05) is 43.7 Å². The Kier molecular flexibility index (Phi) is 2.78. The molecule has 1 aromatic heterocycles. The van der Waals surface area contributed by atoms with Crippen molar-refractivity contribution in [3.63, 3.8) is 0 Å². The smallest absolute Gasteiger partial charge is 0.120 e. The van der Waals surface area contributed by atoms with Crippen LogP contribution in [0, 0.1) is 0 Å². The second-order valence-corrected chi connectivity index (χ2v) is 5.17. The maximum Gasteiger partial charge on any atom is 0.120 e. The monoisotopic (exact) mass is 244 g/mol. The van der Waals surface area contributed by atoms with Crippen LogP contribution in [0.3, 0.4) is 0 Å². The molecule has 0 atom stereocenters. The van der Waals surface area contributed by atoms with Crippen LogP contribution in [-0.2, 0) is 19.9 Å². The van der Waals surface area contributed by atoms with E-state index in [0.29, 0.717) is 0 Å². The van der Waals surface area contributed by atoms with Gasteiger partial charge in [-0.25, -0.2) is 0 Å². The molecule has 0 bridgehead atoms. The second-order valence-electron chi connectivity index (χ2n) is 5.17. The largest absolute Gasteiger partial charge is 0.497 e. The highest BCUT2D eigenvalue weighted by Gasteiger charge is 2.19. The molecule has 3 rings (SSSR count). The fourth-order valence-electron chi connectivity index (χ4n) is 2.98. The number of aryl methyl sites for hydroxylation is 1. The molecule has 0 N–H and O–H groups in total. The van der Waals surface area contributed by atoms with E-state index in [1.54, 1.807) is 7.11 Å². The zero-order chi connectivity index (χ0) is 12.7. The van der Waals surface area contributed by atoms with E-state index in [0.717, 1.165) is 31.7 Å². The molecule has 1 aliphatic heterocycles. The summed E-state index contributed by atoms with van der Waals surface area (Å²) in [5.74, 6) is 0.940. The lowest BCUT2D eigenvalue weighted by atomic mass is 10.1. The Morgan fingerprint density at radius 1 is 1.11 bits per heavy atom. The molecule has 3 heteroatoms. The number of ether oxygens (including phenoxy) is 1. The molecular formula is C15H20N2O. The van der Waals surface area contributed by atoms with E-state index < -0.39 is 0 Å². The molecule has 3 nitrogen and oxygen atoms in total. The number of likely N-dealkylation sites (N-methyl/N-ethyl adjacent to an activating group) is 1. The third-order valence-electron chi connectivity index (χ3n) is 4.12. The maximum atomic E-state index is 5.33. The number of benzene rings is 1. The Hall–Kier alpha value is -1.48. The summed E-state index contributed by atoms with van der Waals surface area (Å²) < 4.78 is 7.67. The Balaban J connectivity index is 2.19. The van der Waals surface area contributed by atoms with Crippen LogP contribution in [-0.4, -0.2) is 36.7 Å². The summed E-state index contributed by atoms with van der Waals surface area (Å²) in [6.07, 6.45) is 2.29. The predicted molar refractivity (Wildman–Crippen MR) is 74.4 cm³/mol. The molecule has 0 aliphatic carbocycles. The minimum Gasteiger partial charge on any atom is -0.497 e. The van der Waals surface area contributed by atoms with Crippen molar-refractivity contribution < 1.29 is 4.74 Å². The van der Waals surface area contributed by atoms with Crippen molar-refractivity contribution in [1.82, 2.24) is 9.47 Å². The van der Waals surface area contributed by atoms with Gasteiger partial charge in [0.2, 0.25) is 0 Å². The molecule has 0 saturated carbocycles. The maximum absolute atomic E-state index is 5.33. The molecule has 0 spiro atoms. The van der Waals surface area contributed by atoms with E-state index in [1.807, 2.05) is 0 Å². The summed E-state index contributed by atoms with van der Waals surface area (Å²) in [5, 5.41) is 1.39. The minimum atomic E-state index is 0.940. The van der Waals surface area contributed by atoms with Crippen molar-refractivity contribution in [2.45, 2.75) is 12.8 Å². The topological polar surface area (TPSA) is 17.4 Å². The third-order valence-corrected chi connectivity index (χ3v) is 4.12. The van der Waals surface area contributed by atoms with Crippen LogP contribution in [0.25, 0.3) is 10.9 Å². The first-order valence-corrected chi connectivity index (χ1v) is 6.53. The number of hydrogen-bond donors (Lipinski definition) is 0. The minimum absolute atomic E-state index is 0.940. The quantitative estimate of drug-likeness (QED) is 0.765. The van der Waals surface area contributed by atoms with Gasteiger partial charge in [0.1, 0.15) is 5.75 Å². The van der Waals surface area contributed by atoms with E-state index in [2.05, 4.69) is 41.8 Å². The van der Waals surface area contributed by atoms with Crippen LogP contribution >= 0.6 is 0 Å². The van der Waals surface area contributed by atoms with Crippen molar-refractivity contribution in [3.8, 4) is 5.75 Å². The lowest BCUT2D eigenvalue weighted by Crippen LogP contribution is -2.21. The third kappa shape index (κ3) is 1.70. The molecule has 0 unspecified atom stereocenters. The predicted octanol–water partition coefficient (Wildman–Crippen LogP) is 2.22. The van der Waals surface area contributed by atoms with Crippen LogP contribution in [0.4, 0.5) is 0 Å². The molecule has 96 valence electrons. The van der Waals surface area contributed by atoms with Crippen LogP contribution in [0.15, 0.2) is 18.2 Å². The van der Waals surface area contributed by atoms with Gasteiger partial charge in [-0.15, -0.1) is 0 Å². The Morgan fingerprint density at radius 2 is 1.89 bits per heavy atom. The first kappa shape index (κ1) is 11.6. The molecule has 0 fully saturated rings. The SMILES string of the molecule is COc1ccc2c3c(n(C)c2c1)CCN(C)CC3. The first-order chi connectivity index (χ1) is 8.70. The fourth-order valence-corrected chi connectivity index (χ4v) is 2.98. The van der Waals surface area contributed by atoms with Gasteiger partial charge >= 0.3 is 0 Å². The average molecular weight is 244 g/mol. The Labute approximate surface area is 108 Å². The summed E-state index contributed by atoms with van der Waals surface area (Å²) in [6.45, 7) is 2.30. The van der Waals surface area contributed by atoms with Gasteiger partial charge in [-0.05, 0) is 31.2 Å². The Bertz CT molecular complexity index is 586. The van der Waals surface area contributed by atoms with Crippen LogP contribution in [0.5, 0.6) is 5.75 Å². The fraction of sp³-hybridized carbons (Fsp3) is 0.467. The van der Waals surface area contributed by atoms with Gasteiger partial charge in [-0.1, -0.05) is 0 Å². The van der Waals surface area contributed by atoms with Crippen molar-refractivity contribution in [2.24, 2.45) is 7.05 Å². The lowest BCUT2D eigenvalue weighted by Gasteiger charge is -2.12. The van der Waals surface area contributed by atoms with Crippen molar-refractivity contribution in [3.05, 3.63) is 29.5 Å². The highest BCUT2D eigenvalue weighted by atomic mass is 16.5. The second kappa shape index (κ2) is 4.32. The summed E-state index contributed by atoms with van der Waals surface area (Å²) in [7, 11) is 6.10. The van der Waals surface area contributed by atoms with Gasteiger partial charge in [-0.2, -0.15) is 0 Å². The molecule has 1 aromatic carbocycles. The highest BCUT2D eigenvalue weighted by Crippen LogP contribution is 2.30. The first-order valence-electron chi connectivity index (χ1n) is 6.53. The summed E-state index contributed by atoms with van der Waals surface area (Å²) in [4.78, 5) is 2.41. The van der Waals surface area contributed by atoms with Gasteiger partial charge in [-0.3, -0.25) is 0 Å². The van der Waals surface area contributed by atoms with E-state index in [-0.39, 0.29) is 0 Å². The molecule has 1 aliphatic rings. The number of fused-ring (bicyclic) bond motifs is 3. The number of nitrogens with zero attached hydrogens (tertiary/aromatic N) is 2. The van der Waals surface area contributed by atoms with Crippen molar-refractivity contribution >= 4 is 10.9 Å². The zero-order valence-corrected chi connectivity index (χ0v) is 11.4. The standard InChI is InChI=1S/C15H20N2O/c1-16-8-6-13-12-5-4-11(18-3)10-15(12)17(2)14(13)7-9-16/h4-5,10H,6-9H2,1-3H3. The number of methoxy groups -OCH3 is 1. The summed E-state index contributed by atoms with van der Waals surface area (Å²) in [6, 6.07) is 6.42. The van der Waals surface area contributed by atoms with Crippen LogP contribution < -0.4 is 4.74 Å². The van der Waals surface area contributed by atoms with Gasteiger partial charge in [0.25, 0.3) is 0 Å². The van der Waals surface area contributed by atoms with Gasteiger partial charge in [0.05, 0.1) is 12.6 Å². The van der Waals surface area contributed by atoms with Crippen LogP contribution in [0.1, 0.15) is 11.3 Å². The highest BCUT2D eigenvalue weighted by molar-refractivity contribution is 5.87. The van der Waals surface area contributed by atoms with Gasteiger partial charge < -0.3 is 14.2 Å². The van der Waals surface area contributed by atoms with E-state index in [1.165, 1.54) is 22.2 Å². The summed E-state index contributed by atoms with van der Waals surface area (Å²) in [5.41, 5.74) is 4.31. The normalized spacial score (nSPS) is 16.6. The van der Waals surface area contributed by atoms with Crippen molar-refractivity contribution in [2.75, 3.05) is 27.2 Å². The van der Waals surface area contributed by atoms with E-state index in [9.17, 15) is 0 Å². The molecule has 0 radical (unpaired) electrons. The number of hydrogen-bond acceptors (Lipinski definition) is 2.